The number of anilines is 1. The third-order valence-electron chi connectivity index (χ3n) is 5.88. The van der Waals surface area contributed by atoms with E-state index in [1.807, 2.05) is 64.1 Å². The van der Waals surface area contributed by atoms with Crippen LogP contribution in [0.1, 0.15) is 56.2 Å². The molecule has 198 valence electrons. The van der Waals surface area contributed by atoms with Crippen LogP contribution >= 0.6 is 11.6 Å². The van der Waals surface area contributed by atoms with Crippen molar-refractivity contribution in [3.63, 3.8) is 0 Å². The maximum Gasteiger partial charge on any atom is 0.242 e. The summed E-state index contributed by atoms with van der Waals surface area (Å²) in [7, 11) is -3.54. The number of aryl methyl sites for hydroxylation is 2. The molecule has 0 bridgehead atoms. The van der Waals surface area contributed by atoms with Crippen LogP contribution in [0.25, 0.3) is 0 Å². The minimum atomic E-state index is -3.54. The lowest BCUT2D eigenvalue weighted by atomic mass is 10.1. The average Bonchev–Trinajstić information content (AvgIpc) is 2.79. The Labute approximate surface area is 220 Å². The highest BCUT2D eigenvalue weighted by atomic mass is 35.5. The summed E-state index contributed by atoms with van der Waals surface area (Å²) in [4.78, 5) is 27.9. The molecule has 0 aliphatic heterocycles. The van der Waals surface area contributed by atoms with E-state index in [2.05, 4.69) is 5.32 Å². The molecule has 0 aromatic heterocycles. The molecule has 1 atom stereocenters. The summed E-state index contributed by atoms with van der Waals surface area (Å²) < 4.78 is 26.4. The van der Waals surface area contributed by atoms with Crippen molar-refractivity contribution in [2.24, 2.45) is 0 Å². The van der Waals surface area contributed by atoms with Crippen molar-refractivity contribution >= 4 is 39.1 Å². The molecule has 0 saturated heterocycles. The SMILES string of the molecule is CCCNC(=O)C(CC)N(Cc1ccccc1Cl)C(=O)CCCN(c1cc(C)cc(C)c1)S(C)(=O)=O. The van der Waals surface area contributed by atoms with E-state index in [1.54, 1.807) is 11.0 Å². The Bertz CT molecular complexity index is 1130. The maximum absolute atomic E-state index is 13.4. The number of amides is 2. The highest BCUT2D eigenvalue weighted by Gasteiger charge is 2.29. The molecule has 2 amide bonds. The topological polar surface area (TPSA) is 86.8 Å². The minimum Gasteiger partial charge on any atom is -0.354 e. The van der Waals surface area contributed by atoms with Crippen molar-refractivity contribution in [1.82, 2.24) is 10.2 Å². The smallest absolute Gasteiger partial charge is 0.242 e. The molecular weight excluding hydrogens is 498 g/mol. The van der Waals surface area contributed by atoms with Crippen molar-refractivity contribution in [1.29, 1.82) is 0 Å². The lowest BCUT2D eigenvalue weighted by Crippen LogP contribution is -2.49. The van der Waals surface area contributed by atoms with E-state index in [-0.39, 0.29) is 31.3 Å². The van der Waals surface area contributed by atoms with Gasteiger partial charge >= 0.3 is 0 Å². The molecule has 0 heterocycles. The second-order valence-corrected chi connectivity index (χ2v) is 11.4. The quantitative estimate of drug-likeness (QED) is 0.398. The normalized spacial score (nSPS) is 12.2. The second kappa shape index (κ2) is 13.7. The minimum absolute atomic E-state index is 0.0961. The van der Waals surface area contributed by atoms with E-state index in [9.17, 15) is 18.0 Å². The fourth-order valence-corrected chi connectivity index (χ4v) is 5.34. The van der Waals surface area contributed by atoms with Gasteiger partial charge < -0.3 is 10.2 Å². The van der Waals surface area contributed by atoms with Crippen LogP contribution in [0, 0.1) is 13.8 Å². The van der Waals surface area contributed by atoms with Gasteiger partial charge in [-0.05, 0) is 68.0 Å². The Morgan fingerprint density at radius 1 is 1.06 bits per heavy atom. The highest BCUT2D eigenvalue weighted by Crippen LogP contribution is 2.23. The number of nitrogens with zero attached hydrogens (tertiary/aromatic N) is 2. The fraction of sp³-hybridized carbons (Fsp3) is 0.481. The van der Waals surface area contributed by atoms with E-state index in [0.717, 1.165) is 23.1 Å². The molecule has 2 aromatic rings. The first kappa shape index (κ1) is 29.6. The third kappa shape index (κ3) is 8.52. The van der Waals surface area contributed by atoms with Crippen LogP contribution in [-0.4, -0.2) is 50.5 Å². The molecule has 9 heteroatoms. The Kier molecular flexibility index (Phi) is 11.2. The summed E-state index contributed by atoms with van der Waals surface area (Å²) in [5.74, 6) is -0.421. The molecule has 2 aromatic carbocycles. The second-order valence-electron chi connectivity index (χ2n) is 9.11. The molecular formula is C27H38ClN3O4S. The lowest BCUT2D eigenvalue weighted by Gasteiger charge is -2.31. The van der Waals surface area contributed by atoms with Gasteiger partial charge in [-0.2, -0.15) is 0 Å². The molecule has 0 aliphatic carbocycles. The number of nitrogens with one attached hydrogen (secondary N) is 1. The molecule has 0 radical (unpaired) electrons. The first-order valence-corrected chi connectivity index (χ1v) is 14.6. The van der Waals surface area contributed by atoms with Gasteiger partial charge in [-0.25, -0.2) is 8.42 Å². The van der Waals surface area contributed by atoms with Crippen LogP contribution in [0.3, 0.4) is 0 Å². The van der Waals surface area contributed by atoms with E-state index in [1.165, 1.54) is 10.6 Å². The van der Waals surface area contributed by atoms with E-state index >= 15 is 0 Å². The number of carbonyl (C=O) groups is 2. The zero-order valence-corrected chi connectivity index (χ0v) is 23.5. The Hall–Kier alpha value is -2.58. The number of sulfonamides is 1. The number of benzene rings is 2. The first-order valence-electron chi connectivity index (χ1n) is 12.3. The number of hydrogen-bond donors (Lipinski definition) is 1. The molecule has 0 aliphatic rings. The molecule has 1 N–H and O–H groups in total. The van der Waals surface area contributed by atoms with Gasteiger partial charge in [-0.3, -0.25) is 13.9 Å². The van der Waals surface area contributed by atoms with Crippen molar-refractivity contribution < 1.29 is 18.0 Å². The lowest BCUT2D eigenvalue weighted by molar-refractivity contribution is -0.141. The summed E-state index contributed by atoms with van der Waals surface area (Å²) in [6.45, 7) is 8.56. The molecule has 7 nitrogen and oxygen atoms in total. The van der Waals surface area contributed by atoms with Crippen LogP contribution in [0.2, 0.25) is 5.02 Å². The first-order chi connectivity index (χ1) is 17.0. The highest BCUT2D eigenvalue weighted by molar-refractivity contribution is 7.92. The van der Waals surface area contributed by atoms with Gasteiger partial charge in [0.25, 0.3) is 0 Å². The third-order valence-corrected chi connectivity index (χ3v) is 7.44. The number of carbonyl (C=O) groups excluding carboxylic acids is 2. The van der Waals surface area contributed by atoms with Gasteiger partial charge in [0.1, 0.15) is 6.04 Å². The van der Waals surface area contributed by atoms with Crippen LogP contribution in [0.4, 0.5) is 5.69 Å². The summed E-state index contributed by atoms with van der Waals surface area (Å²) >= 11 is 6.36. The van der Waals surface area contributed by atoms with E-state index in [4.69, 9.17) is 11.6 Å². The zero-order chi connectivity index (χ0) is 26.9. The van der Waals surface area contributed by atoms with Crippen LogP contribution in [0.5, 0.6) is 0 Å². The molecule has 1 unspecified atom stereocenters. The van der Waals surface area contributed by atoms with Crippen LogP contribution < -0.4 is 9.62 Å². The molecule has 0 spiro atoms. The predicted octanol–water partition coefficient (Wildman–Crippen LogP) is 4.84. The number of rotatable bonds is 13. The van der Waals surface area contributed by atoms with Gasteiger partial charge in [-0.1, -0.05) is 49.7 Å². The van der Waals surface area contributed by atoms with Crippen molar-refractivity contribution in [2.45, 2.75) is 66.0 Å². The summed E-state index contributed by atoms with van der Waals surface area (Å²) in [6.07, 6.45) is 2.81. The number of halogens is 1. The zero-order valence-electron chi connectivity index (χ0n) is 21.9. The average molecular weight is 536 g/mol. The largest absolute Gasteiger partial charge is 0.354 e. The summed E-state index contributed by atoms with van der Waals surface area (Å²) in [5, 5.41) is 3.42. The molecule has 0 saturated carbocycles. The van der Waals surface area contributed by atoms with Crippen molar-refractivity contribution in [2.75, 3.05) is 23.7 Å². The molecule has 0 fully saturated rings. The summed E-state index contributed by atoms with van der Waals surface area (Å²) in [6, 6.07) is 12.2. The van der Waals surface area contributed by atoms with Gasteiger partial charge in [0.15, 0.2) is 0 Å². The van der Waals surface area contributed by atoms with Gasteiger partial charge in [0, 0.05) is 31.1 Å². The van der Waals surface area contributed by atoms with Gasteiger partial charge in [0.05, 0.1) is 11.9 Å². The van der Waals surface area contributed by atoms with Crippen LogP contribution in [-0.2, 0) is 26.2 Å². The Morgan fingerprint density at radius 3 is 2.25 bits per heavy atom. The standard InChI is InChI=1S/C27H38ClN3O4S/c1-6-14-29-27(33)25(7-2)30(19-22-11-8-9-12-24(22)28)26(32)13-10-15-31(36(5,34)35)23-17-20(3)16-21(4)18-23/h8-9,11-12,16-18,25H,6-7,10,13-15,19H2,1-5H3,(H,29,33). The monoisotopic (exact) mass is 535 g/mol. The van der Waals surface area contributed by atoms with E-state index in [0.29, 0.717) is 30.1 Å². The number of hydrogen-bond acceptors (Lipinski definition) is 4. The van der Waals surface area contributed by atoms with Gasteiger partial charge in [-0.15, -0.1) is 0 Å². The van der Waals surface area contributed by atoms with Crippen molar-refractivity contribution in [3.05, 3.63) is 64.2 Å². The molecule has 2 rings (SSSR count). The van der Waals surface area contributed by atoms with Crippen LogP contribution in [0.15, 0.2) is 42.5 Å². The molecule has 36 heavy (non-hydrogen) atoms. The van der Waals surface area contributed by atoms with Gasteiger partial charge in [0.2, 0.25) is 21.8 Å². The van der Waals surface area contributed by atoms with E-state index < -0.39 is 16.1 Å². The maximum atomic E-state index is 13.4. The Balaban J connectivity index is 2.24. The predicted molar refractivity (Wildman–Crippen MR) is 147 cm³/mol. The fourth-order valence-electron chi connectivity index (χ4n) is 4.19. The Morgan fingerprint density at radius 2 is 1.69 bits per heavy atom. The van der Waals surface area contributed by atoms with Crippen molar-refractivity contribution in [3.8, 4) is 0 Å². The summed E-state index contributed by atoms with van der Waals surface area (Å²) in [5.41, 5.74) is 3.26.